The van der Waals surface area contributed by atoms with Crippen molar-refractivity contribution in [1.29, 1.82) is 0 Å². The topological polar surface area (TPSA) is 41.9 Å². The Morgan fingerprint density at radius 3 is 2.58 bits per heavy atom. The molecule has 0 N–H and O–H groups in total. The molecule has 0 aliphatic heterocycles. The molecule has 0 saturated carbocycles. The van der Waals surface area contributed by atoms with Crippen molar-refractivity contribution in [2.45, 2.75) is 33.7 Å². The van der Waals surface area contributed by atoms with Gasteiger partial charge in [0.15, 0.2) is 0 Å². The minimum absolute atomic E-state index is 0.775. The second-order valence-corrected chi connectivity index (χ2v) is 4.45. The maximum Gasteiger partial charge on any atom is 0.132 e. The molecule has 0 amide bonds. The molecule has 0 bridgehead atoms. The van der Waals surface area contributed by atoms with E-state index in [2.05, 4.69) is 39.8 Å². The van der Waals surface area contributed by atoms with Crippen molar-refractivity contribution in [2.24, 2.45) is 0 Å². The molecule has 0 aromatic carbocycles. The Morgan fingerprint density at radius 1 is 1.11 bits per heavy atom. The first-order valence-corrected chi connectivity index (χ1v) is 6.72. The van der Waals surface area contributed by atoms with Gasteiger partial charge in [-0.3, -0.25) is 4.98 Å². The molecular formula is C15H20N4. The van der Waals surface area contributed by atoms with Crippen molar-refractivity contribution in [1.82, 2.24) is 15.0 Å². The minimum Gasteiger partial charge on any atom is -0.351 e. The molecule has 0 atom stereocenters. The summed E-state index contributed by atoms with van der Waals surface area (Å²) in [5.74, 6) is 1.81. The molecule has 0 aliphatic carbocycles. The van der Waals surface area contributed by atoms with E-state index < -0.39 is 0 Å². The highest BCUT2D eigenvalue weighted by Gasteiger charge is 2.09. The van der Waals surface area contributed by atoms with Gasteiger partial charge >= 0.3 is 0 Å². The number of pyridine rings is 1. The summed E-state index contributed by atoms with van der Waals surface area (Å²) in [6.07, 6.45) is 2.75. The van der Waals surface area contributed by atoms with Crippen LogP contribution in [-0.4, -0.2) is 21.5 Å². The van der Waals surface area contributed by atoms with Crippen molar-refractivity contribution in [3.8, 4) is 0 Å². The van der Waals surface area contributed by atoms with Crippen molar-refractivity contribution in [3.05, 3.63) is 47.7 Å². The maximum atomic E-state index is 4.54. The van der Waals surface area contributed by atoms with Gasteiger partial charge < -0.3 is 4.90 Å². The lowest BCUT2D eigenvalue weighted by Crippen LogP contribution is -2.24. The lowest BCUT2D eigenvalue weighted by Gasteiger charge is -2.22. The lowest BCUT2D eigenvalue weighted by molar-refractivity contribution is 0.780. The van der Waals surface area contributed by atoms with E-state index in [-0.39, 0.29) is 0 Å². The first-order valence-electron chi connectivity index (χ1n) is 6.72. The van der Waals surface area contributed by atoms with Gasteiger partial charge in [-0.25, -0.2) is 9.97 Å². The summed E-state index contributed by atoms with van der Waals surface area (Å²) in [6, 6.07) is 8.06. The normalized spacial score (nSPS) is 10.5. The van der Waals surface area contributed by atoms with E-state index in [0.717, 1.165) is 42.5 Å². The first-order chi connectivity index (χ1) is 9.22. The smallest absolute Gasteiger partial charge is 0.132 e. The van der Waals surface area contributed by atoms with Gasteiger partial charge in [-0.15, -0.1) is 0 Å². The van der Waals surface area contributed by atoms with Crippen LogP contribution in [0.25, 0.3) is 0 Å². The number of hydrogen-bond donors (Lipinski definition) is 0. The Labute approximate surface area is 114 Å². The van der Waals surface area contributed by atoms with Crippen molar-refractivity contribution >= 4 is 5.82 Å². The zero-order chi connectivity index (χ0) is 13.7. The summed E-state index contributed by atoms with van der Waals surface area (Å²) in [6.45, 7) is 7.86. The van der Waals surface area contributed by atoms with Crippen LogP contribution in [0.4, 0.5) is 5.82 Å². The highest BCUT2D eigenvalue weighted by molar-refractivity contribution is 5.40. The van der Waals surface area contributed by atoms with Crippen LogP contribution in [0.3, 0.4) is 0 Å². The average Bonchev–Trinajstić information content (AvgIpc) is 2.45. The van der Waals surface area contributed by atoms with Crippen LogP contribution < -0.4 is 4.90 Å². The van der Waals surface area contributed by atoms with Gasteiger partial charge in [-0.1, -0.05) is 13.0 Å². The molecule has 0 fully saturated rings. The van der Waals surface area contributed by atoms with Crippen LogP contribution in [0.2, 0.25) is 0 Å². The SMILES string of the molecule is CCc1cc(N(CC)Cc2ccccn2)nc(C)n1. The first kappa shape index (κ1) is 13.5. The van der Waals surface area contributed by atoms with E-state index >= 15 is 0 Å². The molecule has 0 spiro atoms. The number of rotatable bonds is 5. The fraction of sp³-hybridized carbons (Fsp3) is 0.400. The molecule has 4 nitrogen and oxygen atoms in total. The van der Waals surface area contributed by atoms with Crippen LogP contribution in [-0.2, 0) is 13.0 Å². The lowest BCUT2D eigenvalue weighted by atomic mass is 10.3. The monoisotopic (exact) mass is 256 g/mol. The van der Waals surface area contributed by atoms with Crippen molar-refractivity contribution in [3.63, 3.8) is 0 Å². The van der Waals surface area contributed by atoms with Crippen LogP contribution in [0.5, 0.6) is 0 Å². The number of aromatic nitrogens is 3. The molecule has 2 heterocycles. The van der Waals surface area contributed by atoms with Gasteiger partial charge in [0, 0.05) is 24.5 Å². The highest BCUT2D eigenvalue weighted by atomic mass is 15.2. The third-order valence-corrected chi connectivity index (χ3v) is 3.02. The Morgan fingerprint density at radius 2 is 1.95 bits per heavy atom. The molecule has 2 rings (SSSR count). The largest absolute Gasteiger partial charge is 0.351 e. The summed E-state index contributed by atoms with van der Waals surface area (Å²) in [5, 5.41) is 0. The van der Waals surface area contributed by atoms with E-state index in [4.69, 9.17) is 0 Å². The van der Waals surface area contributed by atoms with E-state index in [0.29, 0.717) is 0 Å². The summed E-state index contributed by atoms with van der Waals surface area (Å²) in [7, 11) is 0. The summed E-state index contributed by atoms with van der Waals surface area (Å²) >= 11 is 0. The quantitative estimate of drug-likeness (QED) is 0.825. The summed E-state index contributed by atoms with van der Waals surface area (Å²) in [4.78, 5) is 15.5. The Balaban J connectivity index is 2.24. The molecule has 2 aromatic rings. The van der Waals surface area contributed by atoms with Crippen LogP contribution in [0, 0.1) is 6.92 Å². The standard InChI is InChI=1S/C15H20N4/c1-4-13-10-15(18-12(3)17-13)19(5-2)11-14-8-6-7-9-16-14/h6-10H,4-5,11H2,1-3H3. The van der Waals surface area contributed by atoms with Gasteiger partial charge in [0.1, 0.15) is 11.6 Å². The Hall–Kier alpha value is -1.97. The summed E-state index contributed by atoms with van der Waals surface area (Å²) in [5.41, 5.74) is 2.14. The van der Waals surface area contributed by atoms with E-state index in [9.17, 15) is 0 Å². The van der Waals surface area contributed by atoms with Crippen LogP contribution in [0.1, 0.15) is 31.1 Å². The van der Waals surface area contributed by atoms with Gasteiger partial charge in [0.25, 0.3) is 0 Å². The molecule has 0 saturated heterocycles. The molecule has 2 aromatic heterocycles. The molecule has 0 radical (unpaired) electrons. The molecule has 19 heavy (non-hydrogen) atoms. The zero-order valence-electron chi connectivity index (χ0n) is 11.8. The molecule has 100 valence electrons. The fourth-order valence-electron chi connectivity index (χ4n) is 2.00. The van der Waals surface area contributed by atoms with Gasteiger partial charge in [-0.2, -0.15) is 0 Å². The van der Waals surface area contributed by atoms with Crippen LogP contribution in [0.15, 0.2) is 30.5 Å². The van der Waals surface area contributed by atoms with Gasteiger partial charge in [0.05, 0.1) is 12.2 Å². The molecule has 4 heteroatoms. The van der Waals surface area contributed by atoms with Crippen LogP contribution >= 0.6 is 0 Å². The summed E-state index contributed by atoms with van der Waals surface area (Å²) < 4.78 is 0. The Bertz CT molecular complexity index is 525. The predicted octanol–water partition coefficient (Wildman–Crippen LogP) is 2.77. The fourth-order valence-corrected chi connectivity index (χ4v) is 2.00. The second-order valence-electron chi connectivity index (χ2n) is 4.45. The maximum absolute atomic E-state index is 4.54. The third-order valence-electron chi connectivity index (χ3n) is 3.02. The highest BCUT2D eigenvalue weighted by Crippen LogP contribution is 2.15. The molecule has 0 unspecified atom stereocenters. The minimum atomic E-state index is 0.775. The van der Waals surface area contributed by atoms with E-state index in [1.54, 1.807) is 0 Å². The zero-order valence-corrected chi connectivity index (χ0v) is 11.8. The Kier molecular flexibility index (Phi) is 4.44. The van der Waals surface area contributed by atoms with Gasteiger partial charge in [0.2, 0.25) is 0 Å². The number of aryl methyl sites for hydroxylation is 2. The third kappa shape index (κ3) is 3.50. The average molecular weight is 256 g/mol. The second kappa shape index (κ2) is 6.27. The van der Waals surface area contributed by atoms with E-state index in [1.165, 1.54) is 0 Å². The number of anilines is 1. The number of nitrogens with zero attached hydrogens (tertiary/aromatic N) is 4. The molecule has 0 aliphatic rings. The molecular weight excluding hydrogens is 236 g/mol. The number of hydrogen-bond acceptors (Lipinski definition) is 4. The van der Waals surface area contributed by atoms with Gasteiger partial charge in [-0.05, 0) is 32.4 Å². The van der Waals surface area contributed by atoms with Crippen molar-refractivity contribution < 1.29 is 0 Å². The predicted molar refractivity (Wildman–Crippen MR) is 77.1 cm³/mol. The van der Waals surface area contributed by atoms with E-state index in [1.807, 2.05) is 31.3 Å². The van der Waals surface area contributed by atoms with Crippen molar-refractivity contribution in [2.75, 3.05) is 11.4 Å².